The third-order valence-corrected chi connectivity index (χ3v) is 6.02. The zero-order valence-electron chi connectivity index (χ0n) is 14.7. The minimum atomic E-state index is -0.548. The molecule has 0 spiro atoms. The third-order valence-electron chi connectivity index (χ3n) is 3.89. The van der Waals surface area contributed by atoms with Gasteiger partial charge in [-0.05, 0) is 26.0 Å². The molecule has 1 atom stereocenters. The van der Waals surface area contributed by atoms with Crippen LogP contribution in [0.25, 0.3) is 5.69 Å². The minimum Gasteiger partial charge on any atom is -0.465 e. The van der Waals surface area contributed by atoms with Gasteiger partial charge in [-0.2, -0.15) is 0 Å². The number of carbonyl (C=O) groups excluding carboxylic acids is 1. The monoisotopic (exact) mass is 407 g/mol. The fourth-order valence-electron chi connectivity index (χ4n) is 2.59. The highest BCUT2D eigenvalue weighted by Gasteiger charge is 2.25. The molecule has 1 aromatic heterocycles. The van der Waals surface area contributed by atoms with Crippen LogP contribution in [-0.4, -0.2) is 38.1 Å². The van der Waals surface area contributed by atoms with Crippen molar-refractivity contribution in [1.82, 2.24) is 9.55 Å². The zero-order chi connectivity index (χ0) is 19.6. The maximum Gasteiger partial charge on any atom is 0.319 e. The summed E-state index contributed by atoms with van der Waals surface area (Å²) in [4.78, 5) is 40.6. The van der Waals surface area contributed by atoms with E-state index in [2.05, 4.69) is 4.98 Å². The number of ether oxygens (including phenoxy) is 1. The van der Waals surface area contributed by atoms with Crippen LogP contribution < -0.4 is 5.56 Å². The van der Waals surface area contributed by atoms with E-state index in [0.717, 1.165) is 23.2 Å². The number of benzene rings is 1. The van der Waals surface area contributed by atoms with Crippen LogP contribution in [0.1, 0.15) is 19.5 Å². The maximum absolute atomic E-state index is 13.0. The van der Waals surface area contributed by atoms with Gasteiger partial charge in [0.1, 0.15) is 5.25 Å². The lowest BCUT2D eigenvalue weighted by Gasteiger charge is -2.16. The normalized spacial score (nSPS) is 13.9. The molecule has 1 aliphatic rings. The van der Waals surface area contributed by atoms with E-state index in [1.54, 1.807) is 13.8 Å². The van der Waals surface area contributed by atoms with Crippen molar-refractivity contribution in [3.8, 4) is 5.69 Å². The summed E-state index contributed by atoms with van der Waals surface area (Å²) in [6.07, 6.45) is 0.692. The van der Waals surface area contributed by atoms with Gasteiger partial charge < -0.3 is 4.74 Å². The molecule has 0 aliphatic carbocycles. The van der Waals surface area contributed by atoms with Crippen LogP contribution in [0, 0.1) is 10.1 Å². The Hall–Kier alpha value is -2.33. The Kier molecular flexibility index (Phi) is 5.85. The molecule has 10 heteroatoms. The number of hydrogen-bond acceptors (Lipinski definition) is 8. The number of non-ortho nitro benzene ring substituents is 1. The summed E-state index contributed by atoms with van der Waals surface area (Å²) >= 11 is 2.59. The maximum atomic E-state index is 13.0. The fraction of sp³-hybridized carbons (Fsp3) is 0.353. The lowest BCUT2D eigenvalue weighted by Crippen LogP contribution is -2.26. The van der Waals surface area contributed by atoms with Crippen molar-refractivity contribution in [3.63, 3.8) is 0 Å². The first-order valence-electron chi connectivity index (χ1n) is 8.29. The van der Waals surface area contributed by atoms with Crippen molar-refractivity contribution in [2.75, 3.05) is 12.4 Å². The fourth-order valence-corrected chi connectivity index (χ4v) is 4.55. The highest BCUT2D eigenvalue weighted by Crippen LogP contribution is 2.31. The van der Waals surface area contributed by atoms with Crippen LogP contribution in [0.5, 0.6) is 0 Å². The molecule has 0 N–H and O–H groups in total. The van der Waals surface area contributed by atoms with E-state index in [9.17, 15) is 19.7 Å². The molecule has 8 nitrogen and oxygen atoms in total. The van der Waals surface area contributed by atoms with Gasteiger partial charge in [0.25, 0.3) is 11.2 Å². The number of thioether (sulfide) groups is 2. The molecule has 27 heavy (non-hydrogen) atoms. The Morgan fingerprint density at radius 1 is 1.44 bits per heavy atom. The average Bonchev–Trinajstić information content (AvgIpc) is 3.11. The zero-order valence-corrected chi connectivity index (χ0v) is 16.3. The lowest BCUT2D eigenvalue weighted by molar-refractivity contribution is -0.384. The molecule has 0 bridgehead atoms. The molecule has 0 radical (unpaired) electrons. The summed E-state index contributed by atoms with van der Waals surface area (Å²) in [5.41, 5.74) is 0.896. The van der Waals surface area contributed by atoms with Crippen molar-refractivity contribution in [2.45, 2.75) is 35.6 Å². The minimum absolute atomic E-state index is 0.0654. The topological polar surface area (TPSA) is 104 Å². The van der Waals surface area contributed by atoms with Gasteiger partial charge in [0, 0.05) is 24.3 Å². The summed E-state index contributed by atoms with van der Waals surface area (Å²) in [6.45, 7) is 3.69. The van der Waals surface area contributed by atoms with E-state index in [0.29, 0.717) is 22.2 Å². The van der Waals surface area contributed by atoms with Gasteiger partial charge in [-0.3, -0.25) is 24.3 Å². The Morgan fingerprint density at radius 2 is 2.15 bits per heavy atom. The molecule has 0 saturated heterocycles. The molecule has 1 aromatic carbocycles. The van der Waals surface area contributed by atoms with Crippen molar-refractivity contribution in [1.29, 1.82) is 0 Å². The molecule has 142 valence electrons. The number of hydrogen-bond donors (Lipinski definition) is 0. The van der Waals surface area contributed by atoms with Crippen LogP contribution in [-0.2, 0) is 16.0 Å². The predicted octanol–water partition coefficient (Wildman–Crippen LogP) is 2.83. The average molecular weight is 407 g/mol. The number of nitrogens with zero attached hydrogens (tertiary/aromatic N) is 3. The number of carbonyl (C=O) groups is 1. The van der Waals surface area contributed by atoms with Gasteiger partial charge >= 0.3 is 5.97 Å². The second-order valence-corrected chi connectivity index (χ2v) is 8.11. The van der Waals surface area contributed by atoms with Gasteiger partial charge in [0.15, 0.2) is 5.16 Å². The van der Waals surface area contributed by atoms with Crippen molar-refractivity contribution in [3.05, 3.63) is 50.4 Å². The first-order valence-corrected chi connectivity index (χ1v) is 10.2. The largest absolute Gasteiger partial charge is 0.465 e. The van der Waals surface area contributed by atoms with Crippen molar-refractivity contribution < 1.29 is 14.5 Å². The van der Waals surface area contributed by atoms with E-state index >= 15 is 0 Å². The van der Waals surface area contributed by atoms with E-state index in [-0.39, 0.29) is 23.8 Å². The summed E-state index contributed by atoms with van der Waals surface area (Å²) in [5, 5.41) is 10.7. The summed E-state index contributed by atoms with van der Waals surface area (Å²) in [7, 11) is 0. The number of aryl methyl sites for hydroxylation is 1. The van der Waals surface area contributed by atoms with Gasteiger partial charge in [-0.15, -0.1) is 11.8 Å². The number of rotatable bonds is 6. The van der Waals surface area contributed by atoms with Gasteiger partial charge in [0.2, 0.25) is 0 Å². The van der Waals surface area contributed by atoms with Gasteiger partial charge in [-0.25, -0.2) is 4.98 Å². The number of fused-ring (bicyclic) bond motifs is 1. The first-order chi connectivity index (χ1) is 12.9. The number of aromatic nitrogens is 2. The molecule has 2 aromatic rings. The van der Waals surface area contributed by atoms with Crippen LogP contribution in [0.15, 0.2) is 39.1 Å². The molecule has 2 heterocycles. The quantitative estimate of drug-likeness (QED) is 0.237. The SMILES string of the molecule is CCOC(=O)[C@H](C)Sc1nc2c(c(=O)n1-c1ccc([N+](=O)[O-])cc1)SCC2. The van der Waals surface area contributed by atoms with E-state index in [1.807, 2.05) is 0 Å². The second-order valence-electron chi connectivity index (χ2n) is 5.69. The predicted molar refractivity (Wildman–Crippen MR) is 103 cm³/mol. The second kappa shape index (κ2) is 8.13. The summed E-state index contributed by atoms with van der Waals surface area (Å²) in [6, 6.07) is 5.69. The highest BCUT2D eigenvalue weighted by molar-refractivity contribution is 8.00. The molecular formula is C17H17N3O5S2. The van der Waals surface area contributed by atoms with E-state index < -0.39 is 10.2 Å². The third kappa shape index (κ3) is 4.01. The van der Waals surface area contributed by atoms with Gasteiger partial charge in [-0.1, -0.05) is 11.8 Å². The first kappa shape index (κ1) is 19.4. The van der Waals surface area contributed by atoms with Crippen LogP contribution in [0.2, 0.25) is 0 Å². The Labute approximate surface area is 163 Å². The standard InChI is InChI=1S/C17H17N3O5S2/c1-3-25-16(22)10(2)27-17-18-13-8-9-26-14(13)15(21)19(17)11-4-6-12(7-5-11)20(23)24/h4-7,10H,3,8-9H2,1-2H3/t10-/m0/s1. The van der Waals surface area contributed by atoms with Gasteiger partial charge in [0.05, 0.1) is 27.8 Å². The Morgan fingerprint density at radius 3 is 2.78 bits per heavy atom. The van der Waals surface area contributed by atoms with Crippen LogP contribution >= 0.6 is 23.5 Å². The molecule has 0 fully saturated rings. The van der Waals surface area contributed by atoms with E-state index in [1.165, 1.54) is 40.6 Å². The Bertz CT molecular complexity index is 943. The molecule has 0 unspecified atom stereocenters. The van der Waals surface area contributed by atoms with Crippen LogP contribution in [0.3, 0.4) is 0 Å². The summed E-state index contributed by atoms with van der Waals surface area (Å²) < 4.78 is 6.44. The molecular weight excluding hydrogens is 390 g/mol. The molecule has 3 rings (SSSR count). The smallest absolute Gasteiger partial charge is 0.319 e. The highest BCUT2D eigenvalue weighted by atomic mass is 32.2. The van der Waals surface area contributed by atoms with Crippen LogP contribution in [0.4, 0.5) is 5.69 Å². The lowest BCUT2D eigenvalue weighted by atomic mass is 10.2. The Balaban J connectivity index is 2.07. The molecule has 0 saturated carbocycles. The number of esters is 1. The molecule has 1 aliphatic heterocycles. The summed E-state index contributed by atoms with van der Waals surface area (Å²) in [5.74, 6) is 0.390. The molecule has 0 amide bonds. The van der Waals surface area contributed by atoms with Crippen molar-refractivity contribution in [2.24, 2.45) is 0 Å². The van der Waals surface area contributed by atoms with E-state index in [4.69, 9.17) is 4.74 Å². The number of nitro benzene ring substituents is 1. The number of nitro groups is 1. The van der Waals surface area contributed by atoms with Crippen molar-refractivity contribution >= 4 is 35.2 Å².